The zero-order chi connectivity index (χ0) is 12.4. The van der Waals surface area contributed by atoms with Crippen molar-refractivity contribution in [3.8, 4) is 0 Å². The topological polar surface area (TPSA) is 82.6 Å². The van der Waals surface area contributed by atoms with E-state index in [1.165, 1.54) is 0 Å². The minimum Gasteiger partial charge on any atom is -0.396 e. The number of hydrogen-bond acceptors (Lipinski definition) is 6. The lowest BCUT2D eigenvalue weighted by Crippen LogP contribution is -2.45. The molecule has 0 spiro atoms. The maximum atomic E-state index is 9.83. The molecule has 6 nitrogen and oxygen atoms in total. The molecule has 2 unspecified atom stereocenters. The molecule has 2 N–H and O–H groups in total. The number of aliphatic hydroxyl groups excluding tert-OH is 2. The van der Waals surface area contributed by atoms with Crippen LogP contribution in [0.5, 0.6) is 0 Å². The van der Waals surface area contributed by atoms with Crippen molar-refractivity contribution in [3.63, 3.8) is 0 Å². The Labute approximate surface area is 100 Å². The van der Waals surface area contributed by atoms with Gasteiger partial charge in [0, 0.05) is 31.5 Å². The van der Waals surface area contributed by atoms with Gasteiger partial charge in [0.15, 0.2) is 5.82 Å². The highest BCUT2D eigenvalue weighted by Crippen LogP contribution is 2.23. The summed E-state index contributed by atoms with van der Waals surface area (Å²) in [5, 5.41) is 22.8. The lowest BCUT2D eigenvalue weighted by atomic mass is 9.95. The average Bonchev–Trinajstić information content (AvgIpc) is 2.78. The van der Waals surface area contributed by atoms with Gasteiger partial charge in [-0.05, 0) is 6.42 Å². The Hall–Kier alpha value is -1.14. The fraction of sp³-hybridized carbons (Fsp3) is 0.818. The van der Waals surface area contributed by atoms with Gasteiger partial charge in [-0.15, -0.1) is 0 Å². The van der Waals surface area contributed by atoms with Crippen LogP contribution in [0.15, 0.2) is 4.52 Å². The number of aliphatic hydroxyl groups is 2. The molecular weight excluding hydrogens is 222 g/mol. The van der Waals surface area contributed by atoms with Gasteiger partial charge in [0.1, 0.15) is 0 Å². The first kappa shape index (κ1) is 12.3. The lowest BCUT2D eigenvalue weighted by molar-refractivity contribution is 0.0531. The van der Waals surface area contributed by atoms with Crippen LogP contribution >= 0.6 is 0 Å². The van der Waals surface area contributed by atoms with E-state index in [2.05, 4.69) is 10.1 Å². The van der Waals surface area contributed by atoms with Gasteiger partial charge in [-0.25, -0.2) is 0 Å². The fourth-order valence-electron chi connectivity index (χ4n) is 1.96. The summed E-state index contributed by atoms with van der Waals surface area (Å²) in [4.78, 5) is 6.16. The number of aromatic nitrogens is 2. The quantitative estimate of drug-likeness (QED) is 0.795. The second-order valence-electron chi connectivity index (χ2n) is 4.83. The van der Waals surface area contributed by atoms with Gasteiger partial charge < -0.3 is 19.6 Å². The molecule has 17 heavy (non-hydrogen) atoms. The summed E-state index contributed by atoms with van der Waals surface area (Å²) < 4.78 is 5.17. The van der Waals surface area contributed by atoms with Gasteiger partial charge in [-0.1, -0.05) is 19.0 Å². The second kappa shape index (κ2) is 5.01. The van der Waals surface area contributed by atoms with Crippen molar-refractivity contribution in [3.05, 3.63) is 5.82 Å². The van der Waals surface area contributed by atoms with E-state index >= 15 is 0 Å². The largest absolute Gasteiger partial charge is 0.396 e. The first-order valence-corrected chi connectivity index (χ1v) is 5.99. The Kier molecular flexibility index (Phi) is 3.63. The molecule has 1 saturated heterocycles. The van der Waals surface area contributed by atoms with Gasteiger partial charge in [0.2, 0.25) is 0 Å². The number of anilines is 1. The van der Waals surface area contributed by atoms with E-state index in [0.717, 1.165) is 13.0 Å². The summed E-state index contributed by atoms with van der Waals surface area (Å²) in [5.74, 6) is 0.866. The number of piperidine rings is 1. The van der Waals surface area contributed by atoms with E-state index in [9.17, 15) is 5.11 Å². The molecule has 1 aliphatic heterocycles. The minimum atomic E-state index is -0.539. The number of rotatable bonds is 3. The summed E-state index contributed by atoms with van der Waals surface area (Å²) >= 11 is 0. The number of nitrogens with zero attached hydrogens (tertiary/aromatic N) is 3. The average molecular weight is 241 g/mol. The Morgan fingerprint density at radius 3 is 2.82 bits per heavy atom. The second-order valence-corrected chi connectivity index (χ2v) is 4.83. The Balaban J connectivity index is 2.03. The molecule has 1 aromatic heterocycles. The van der Waals surface area contributed by atoms with Gasteiger partial charge >= 0.3 is 6.01 Å². The Morgan fingerprint density at radius 2 is 2.29 bits per heavy atom. The van der Waals surface area contributed by atoms with E-state index in [-0.39, 0.29) is 18.4 Å². The van der Waals surface area contributed by atoms with Crippen molar-refractivity contribution in [2.75, 3.05) is 24.6 Å². The molecule has 6 heteroatoms. The SMILES string of the molecule is CC(C)c1noc(N2CCC(CO)C(O)C2)n1. The van der Waals surface area contributed by atoms with Gasteiger partial charge in [0.25, 0.3) is 0 Å². The zero-order valence-electron chi connectivity index (χ0n) is 10.2. The van der Waals surface area contributed by atoms with Crippen molar-refractivity contribution >= 4 is 6.01 Å². The van der Waals surface area contributed by atoms with Crippen LogP contribution in [0.25, 0.3) is 0 Å². The maximum Gasteiger partial charge on any atom is 0.324 e. The molecule has 1 aromatic rings. The lowest BCUT2D eigenvalue weighted by Gasteiger charge is -2.33. The Morgan fingerprint density at radius 1 is 1.53 bits per heavy atom. The van der Waals surface area contributed by atoms with Crippen LogP contribution in [0.3, 0.4) is 0 Å². The van der Waals surface area contributed by atoms with Crippen LogP contribution in [0.4, 0.5) is 6.01 Å². The molecule has 1 fully saturated rings. The van der Waals surface area contributed by atoms with Crippen LogP contribution in [-0.2, 0) is 0 Å². The van der Waals surface area contributed by atoms with Crippen molar-refractivity contribution in [1.29, 1.82) is 0 Å². The van der Waals surface area contributed by atoms with Crippen LogP contribution in [0, 0.1) is 5.92 Å². The molecule has 0 bridgehead atoms. The predicted octanol–water partition coefficient (Wildman–Crippen LogP) is 0.372. The van der Waals surface area contributed by atoms with Crippen LogP contribution < -0.4 is 4.90 Å². The van der Waals surface area contributed by atoms with Crippen molar-refractivity contribution in [2.45, 2.75) is 32.3 Å². The third-order valence-electron chi connectivity index (χ3n) is 3.17. The summed E-state index contributed by atoms with van der Waals surface area (Å²) in [6.07, 6.45) is 0.194. The highest BCUT2D eigenvalue weighted by atomic mass is 16.5. The van der Waals surface area contributed by atoms with Gasteiger partial charge in [-0.2, -0.15) is 4.98 Å². The first-order chi connectivity index (χ1) is 8.11. The molecule has 1 aliphatic rings. The monoisotopic (exact) mass is 241 g/mol. The third kappa shape index (κ3) is 2.58. The highest BCUT2D eigenvalue weighted by molar-refractivity contribution is 5.27. The summed E-state index contributed by atoms with van der Waals surface area (Å²) in [5.41, 5.74) is 0. The summed E-state index contributed by atoms with van der Waals surface area (Å²) in [7, 11) is 0. The normalized spacial score (nSPS) is 25.6. The molecule has 0 amide bonds. The maximum absolute atomic E-state index is 9.83. The van der Waals surface area contributed by atoms with Crippen molar-refractivity contribution in [1.82, 2.24) is 10.1 Å². The Bertz CT molecular complexity index is 367. The molecule has 0 aromatic carbocycles. The van der Waals surface area contributed by atoms with Crippen LogP contribution in [0.1, 0.15) is 32.0 Å². The van der Waals surface area contributed by atoms with Crippen LogP contribution in [-0.4, -0.2) is 46.2 Å². The van der Waals surface area contributed by atoms with Gasteiger partial charge in [-0.3, -0.25) is 0 Å². The minimum absolute atomic E-state index is 0.0239. The summed E-state index contributed by atoms with van der Waals surface area (Å²) in [6.45, 7) is 5.19. The van der Waals surface area contributed by atoms with Gasteiger partial charge in [0.05, 0.1) is 6.10 Å². The molecule has 0 saturated carbocycles. The molecule has 2 heterocycles. The van der Waals surface area contributed by atoms with E-state index < -0.39 is 6.10 Å². The van der Waals surface area contributed by atoms with E-state index in [1.54, 1.807) is 0 Å². The smallest absolute Gasteiger partial charge is 0.324 e. The summed E-state index contributed by atoms with van der Waals surface area (Å²) in [6, 6.07) is 0.462. The third-order valence-corrected chi connectivity index (χ3v) is 3.17. The first-order valence-electron chi connectivity index (χ1n) is 5.99. The van der Waals surface area contributed by atoms with Crippen molar-refractivity contribution in [2.24, 2.45) is 5.92 Å². The number of β-amino-alcohol motifs (C(OH)–C–C–N with tert-alkyl or cyclic N) is 1. The molecular formula is C11H19N3O3. The highest BCUT2D eigenvalue weighted by Gasteiger charge is 2.29. The zero-order valence-corrected chi connectivity index (χ0v) is 10.2. The van der Waals surface area contributed by atoms with Crippen molar-refractivity contribution < 1.29 is 14.7 Å². The van der Waals surface area contributed by atoms with E-state index in [4.69, 9.17) is 9.63 Å². The molecule has 96 valence electrons. The fourth-order valence-corrected chi connectivity index (χ4v) is 1.96. The molecule has 2 rings (SSSR count). The molecule has 0 aliphatic carbocycles. The predicted molar refractivity (Wildman–Crippen MR) is 61.8 cm³/mol. The molecule has 2 atom stereocenters. The van der Waals surface area contributed by atoms with E-state index in [0.29, 0.717) is 18.4 Å². The number of hydrogen-bond donors (Lipinski definition) is 2. The molecule has 0 radical (unpaired) electrons. The standard InChI is InChI=1S/C11H19N3O3/c1-7(2)10-12-11(17-13-10)14-4-3-8(6-15)9(16)5-14/h7-9,15-16H,3-6H2,1-2H3. The van der Waals surface area contributed by atoms with E-state index in [1.807, 2.05) is 18.7 Å². The van der Waals surface area contributed by atoms with Crippen LogP contribution in [0.2, 0.25) is 0 Å².